The summed E-state index contributed by atoms with van der Waals surface area (Å²) in [7, 11) is 0. The Balaban J connectivity index is 0.00000324. The van der Waals surface area contributed by atoms with Gasteiger partial charge in [0.1, 0.15) is 36.6 Å². The average Bonchev–Trinajstić information content (AvgIpc) is 2.36. The molecule has 0 aromatic rings. The number of aliphatic hydroxyl groups is 5. The van der Waals surface area contributed by atoms with Crippen molar-refractivity contribution in [2.24, 2.45) is 0 Å². The van der Waals surface area contributed by atoms with Crippen LogP contribution in [0.3, 0.4) is 0 Å². The van der Waals surface area contributed by atoms with Crippen molar-refractivity contribution >= 4 is 5.97 Å². The molecule has 1 unspecified atom stereocenters. The predicted molar refractivity (Wildman–Crippen MR) is 53.9 cm³/mol. The molecule has 0 radical (unpaired) electrons. The Bertz CT molecular complexity index is 323. The Labute approximate surface area is 131 Å². The van der Waals surface area contributed by atoms with Crippen molar-refractivity contribution < 1.29 is 69.7 Å². The Morgan fingerprint density at radius 3 is 2.37 bits per heavy atom. The normalized spacial score (nSPS) is 31.1. The zero-order chi connectivity index (χ0) is 13.9. The van der Waals surface area contributed by atoms with Gasteiger partial charge in [0.05, 0.1) is 12.6 Å². The number of hydrogen-bond acceptors (Lipinski definition) is 8. The van der Waals surface area contributed by atoms with Gasteiger partial charge in [-0.05, 0) is 0 Å². The first-order valence-corrected chi connectivity index (χ1v) is 5.26. The Morgan fingerprint density at radius 1 is 1.32 bits per heavy atom. The van der Waals surface area contributed by atoms with E-state index in [9.17, 15) is 25.2 Å². The van der Waals surface area contributed by atoms with E-state index in [1.54, 1.807) is 0 Å². The van der Waals surface area contributed by atoms with Gasteiger partial charge in [-0.3, -0.25) is 0 Å². The maximum atomic E-state index is 10.6. The Hall–Kier alpha value is -0.0300. The first-order chi connectivity index (χ1) is 8.38. The van der Waals surface area contributed by atoms with Gasteiger partial charge in [0.15, 0.2) is 0 Å². The van der Waals surface area contributed by atoms with Crippen molar-refractivity contribution in [2.75, 3.05) is 6.61 Å². The van der Waals surface area contributed by atoms with Gasteiger partial charge in [0.25, 0.3) is 0 Å². The number of aliphatic carboxylic acids is 1. The quantitative estimate of drug-likeness (QED) is 0.247. The van der Waals surface area contributed by atoms with Crippen LogP contribution in [0.15, 0.2) is 12.2 Å². The molecule has 0 aromatic carbocycles. The van der Waals surface area contributed by atoms with Crippen LogP contribution in [0.1, 0.15) is 0 Å². The fraction of sp³-hybridized carbons (Fsp3) is 0.700. The molecule has 0 saturated carbocycles. The molecule has 9 heteroatoms. The summed E-state index contributed by atoms with van der Waals surface area (Å²) in [5, 5.41) is 57.0. The van der Waals surface area contributed by atoms with E-state index in [1.807, 2.05) is 0 Å². The van der Waals surface area contributed by atoms with Crippen LogP contribution in [0.5, 0.6) is 0 Å². The molecule has 8 nitrogen and oxygen atoms in total. The van der Waals surface area contributed by atoms with E-state index in [0.717, 1.165) is 12.2 Å². The predicted octanol–water partition coefficient (Wildman–Crippen LogP) is -7.50. The van der Waals surface area contributed by atoms with Crippen molar-refractivity contribution in [2.45, 2.75) is 36.6 Å². The van der Waals surface area contributed by atoms with E-state index in [0.29, 0.717) is 0 Å². The smallest absolute Gasteiger partial charge is 0.547 e. The number of hydrogen-bond donors (Lipinski definition) is 5. The number of carboxylic acids is 1. The summed E-state index contributed by atoms with van der Waals surface area (Å²) >= 11 is 0. The summed E-state index contributed by atoms with van der Waals surface area (Å²) in [6.45, 7) is -0.805. The zero-order valence-corrected chi connectivity index (χ0v) is 12.3. The molecule has 19 heavy (non-hydrogen) atoms. The van der Waals surface area contributed by atoms with Crippen LogP contribution in [0, 0.1) is 0 Å². The first kappa shape index (κ1) is 19.0. The number of carbonyl (C=O) groups is 1. The molecule has 6 atom stereocenters. The molecule has 1 aliphatic rings. The standard InChI is InChI=1S/C10H16O8.Na/c11-3-5(13)7(14)8(15)9-4(12)1-2-6(18-9)10(16)17;/h1-2,4-9,11-15H,3H2,(H,16,17);/q;+1/p-1/t4-,5+,6?,7+,8-,9+;/m0./s1. The first-order valence-electron chi connectivity index (χ1n) is 5.26. The number of ether oxygens (including phenoxy) is 1. The fourth-order valence-electron chi connectivity index (χ4n) is 1.57. The van der Waals surface area contributed by atoms with E-state index in [2.05, 4.69) is 0 Å². The molecule has 0 amide bonds. The number of carboxylic acid groups (broad SMARTS) is 1. The van der Waals surface area contributed by atoms with Crippen LogP contribution in [-0.4, -0.2) is 74.7 Å². The van der Waals surface area contributed by atoms with E-state index >= 15 is 0 Å². The third kappa shape index (κ3) is 4.78. The van der Waals surface area contributed by atoms with Gasteiger partial charge in [-0.1, -0.05) is 12.2 Å². The van der Waals surface area contributed by atoms with E-state index < -0.39 is 49.2 Å². The van der Waals surface area contributed by atoms with E-state index in [4.69, 9.17) is 14.9 Å². The second-order valence-corrected chi connectivity index (χ2v) is 3.95. The maximum Gasteiger partial charge on any atom is 1.00 e. The van der Waals surface area contributed by atoms with Gasteiger partial charge < -0.3 is 40.2 Å². The molecule has 0 spiro atoms. The molecule has 1 rings (SSSR count). The minimum atomic E-state index is -1.79. The zero-order valence-electron chi connectivity index (χ0n) is 10.3. The molecular weight excluding hydrogens is 271 g/mol. The average molecular weight is 286 g/mol. The summed E-state index contributed by atoms with van der Waals surface area (Å²) < 4.78 is 4.84. The van der Waals surface area contributed by atoms with Gasteiger partial charge in [-0.25, -0.2) is 0 Å². The minimum absolute atomic E-state index is 0. The second-order valence-electron chi connectivity index (χ2n) is 3.95. The SMILES string of the molecule is O=C([O-])C1C=C[C@H](O)[C@H]([C@@H](O)[C@H](O)[C@H](O)CO)O1.[Na+]. The number of aliphatic hydroxyl groups excluding tert-OH is 5. The largest absolute Gasteiger partial charge is 1.00 e. The number of rotatable bonds is 5. The molecule has 0 bridgehead atoms. The van der Waals surface area contributed by atoms with E-state index in [-0.39, 0.29) is 29.6 Å². The summed E-state index contributed by atoms with van der Waals surface area (Å²) in [5.74, 6) is -1.56. The van der Waals surface area contributed by atoms with Crippen molar-refractivity contribution in [1.29, 1.82) is 0 Å². The minimum Gasteiger partial charge on any atom is -0.547 e. The molecule has 1 heterocycles. The molecule has 1 aliphatic heterocycles. The number of carbonyl (C=O) groups excluding carboxylic acids is 1. The molecular formula is C10H15NaO8. The summed E-state index contributed by atoms with van der Waals surface area (Å²) in [4.78, 5) is 10.6. The van der Waals surface area contributed by atoms with Crippen molar-refractivity contribution in [3.63, 3.8) is 0 Å². The van der Waals surface area contributed by atoms with Crippen LogP contribution in [0.2, 0.25) is 0 Å². The second kappa shape index (κ2) is 8.30. The fourth-order valence-corrected chi connectivity index (χ4v) is 1.57. The monoisotopic (exact) mass is 286 g/mol. The van der Waals surface area contributed by atoms with Gasteiger partial charge in [0.2, 0.25) is 0 Å². The van der Waals surface area contributed by atoms with Gasteiger partial charge in [0, 0.05) is 0 Å². The maximum absolute atomic E-state index is 10.6. The van der Waals surface area contributed by atoms with Gasteiger partial charge in [-0.15, -0.1) is 0 Å². The third-order valence-electron chi connectivity index (χ3n) is 2.62. The van der Waals surface area contributed by atoms with Crippen LogP contribution < -0.4 is 34.7 Å². The molecule has 0 saturated heterocycles. The van der Waals surface area contributed by atoms with E-state index in [1.165, 1.54) is 0 Å². The Kier molecular flexibility index (Phi) is 8.29. The molecule has 0 aliphatic carbocycles. The van der Waals surface area contributed by atoms with Crippen molar-refractivity contribution in [3.05, 3.63) is 12.2 Å². The summed E-state index contributed by atoms with van der Waals surface area (Å²) in [6.07, 6.45) is -7.34. The van der Waals surface area contributed by atoms with Crippen LogP contribution in [0.4, 0.5) is 0 Å². The van der Waals surface area contributed by atoms with Crippen molar-refractivity contribution in [3.8, 4) is 0 Å². The van der Waals surface area contributed by atoms with Crippen LogP contribution in [-0.2, 0) is 9.53 Å². The summed E-state index contributed by atoms with van der Waals surface area (Å²) in [5.41, 5.74) is 0. The summed E-state index contributed by atoms with van der Waals surface area (Å²) in [6, 6.07) is 0. The molecule has 0 fully saturated rings. The van der Waals surface area contributed by atoms with Crippen LogP contribution in [0.25, 0.3) is 0 Å². The van der Waals surface area contributed by atoms with Crippen molar-refractivity contribution in [1.82, 2.24) is 0 Å². The molecule has 104 valence electrons. The third-order valence-corrected chi connectivity index (χ3v) is 2.62. The molecule has 5 N–H and O–H groups in total. The topological polar surface area (TPSA) is 151 Å². The van der Waals surface area contributed by atoms with Gasteiger partial charge in [-0.2, -0.15) is 0 Å². The van der Waals surface area contributed by atoms with Crippen LogP contribution >= 0.6 is 0 Å². The van der Waals surface area contributed by atoms with Gasteiger partial charge >= 0.3 is 29.6 Å². The molecule has 0 aromatic heterocycles. The Morgan fingerprint density at radius 2 is 1.89 bits per heavy atom.